The third-order valence-electron chi connectivity index (χ3n) is 4.08. The first kappa shape index (κ1) is 16.7. The van der Waals surface area contributed by atoms with E-state index in [9.17, 15) is 9.59 Å². The Balaban J connectivity index is 1.46. The van der Waals surface area contributed by atoms with E-state index in [1.165, 1.54) is 6.33 Å². The fourth-order valence-electron chi connectivity index (χ4n) is 2.64. The summed E-state index contributed by atoms with van der Waals surface area (Å²) in [7, 11) is 0. The number of H-pyrrole nitrogens is 1. The monoisotopic (exact) mass is 343 g/mol. The molecule has 1 aromatic heterocycles. The average molecular weight is 343 g/mol. The molecule has 1 aromatic carbocycles. The van der Waals surface area contributed by atoms with Crippen molar-refractivity contribution >= 4 is 23.6 Å². The van der Waals surface area contributed by atoms with Crippen LogP contribution in [0.5, 0.6) is 0 Å². The summed E-state index contributed by atoms with van der Waals surface area (Å²) in [5, 5.41) is 11.4. The number of aromatic nitrogens is 3. The molecule has 1 saturated heterocycles. The van der Waals surface area contributed by atoms with Crippen LogP contribution in [0.4, 0.5) is 16.4 Å². The second kappa shape index (κ2) is 7.65. The lowest BCUT2D eigenvalue weighted by Gasteiger charge is -2.36. The lowest BCUT2D eigenvalue weighted by atomic mass is 10.2. The quantitative estimate of drug-likeness (QED) is 0.756. The van der Waals surface area contributed by atoms with Crippen molar-refractivity contribution in [1.29, 1.82) is 0 Å². The van der Waals surface area contributed by atoms with Gasteiger partial charge in [-0.3, -0.25) is 10.1 Å². The molecule has 0 radical (unpaired) electrons. The van der Waals surface area contributed by atoms with Crippen LogP contribution in [0.3, 0.4) is 0 Å². The molecule has 0 bridgehead atoms. The molecule has 3 amide bonds. The van der Waals surface area contributed by atoms with E-state index in [4.69, 9.17) is 0 Å². The SMILES string of the molecule is CC(NC(=O)N1CCN(c2ccccc2)CC1)C(=O)Nc1ncn[nH]1. The summed E-state index contributed by atoms with van der Waals surface area (Å²) in [6, 6.07) is 9.19. The van der Waals surface area contributed by atoms with Gasteiger partial charge in [-0.15, -0.1) is 0 Å². The number of carbonyl (C=O) groups is 2. The van der Waals surface area contributed by atoms with E-state index in [2.05, 4.69) is 42.8 Å². The predicted octanol–water partition coefficient (Wildman–Crippen LogP) is 0.663. The van der Waals surface area contributed by atoms with Gasteiger partial charge in [-0.2, -0.15) is 10.1 Å². The van der Waals surface area contributed by atoms with Crippen LogP contribution >= 0.6 is 0 Å². The molecule has 9 heteroatoms. The third kappa shape index (κ3) is 4.25. The minimum Gasteiger partial charge on any atom is -0.368 e. The summed E-state index contributed by atoms with van der Waals surface area (Å²) < 4.78 is 0. The summed E-state index contributed by atoms with van der Waals surface area (Å²) in [5.41, 5.74) is 1.15. The highest BCUT2D eigenvalue weighted by atomic mass is 16.2. The molecular formula is C16H21N7O2. The topological polar surface area (TPSA) is 106 Å². The number of benzene rings is 1. The number of carbonyl (C=O) groups excluding carboxylic acids is 2. The molecule has 2 aromatic rings. The highest BCUT2D eigenvalue weighted by molar-refractivity contribution is 5.95. The second-order valence-electron chi connectivity index (χ2n) is 5.80. The highest BCUT2D eigenvalue weighted by Crippen LogP contribution is 2.15. The molecule has 0 aliphatic carbocycles. The summed E-state index contributed by atoms with van der Waals surface area (Å²) in [5.74, 6) is -0.101. The summed E-state index contributed by atoms with van der Waals surface area (Å²) in [6.07, 6.45) is 1.30. The minimum absolute atomic E-state index is 0.243. The third-order valence-corrected chi connectivity index (χ3v) is 4.08. The highest BCUT2D eigenvalue weighted by Gasteiger charge is 2.24. The Kier molecular flexibility index (Phi) is 5.12. The molecule has 2 heterocycles. The van der Waals surface area contributed by atoms with E-state index >= 15 is 0 Å². The van der Waals surface area contributed by atoms with Crippen LogP contribution in [0.25, 0.3) is 0 Å². The summed E-state index contributed by atoms with van der Waals surface area (Å²) >= 11 is 0. The Morgan fingerprint density at radius 3 is 2.52 bits per heavy atom. The Labute approximate surface area is 145 Å². The molecule has 1 aliphatic rings. The molecule has 3 N–H and O–H groups in total. The molecule has 9 nitrogen and oxygen atoms in total. The minimum atomic E-state index is -0.676. The number of aromatic amines is 1. The van der Waals surface area contributed by atoms with Crippen molar-refractivity contribution in [2.75, 3.05) is 36.4 Å². The van der Waals surface area contributed by atoms with E-state index < -0.39 is 6.04 Å². The van der Waals surface area contributed by atoms with Crippen molar-refractivity contribution in [3.8, 4) is 0 Å². The van der Waals surface area contributed by atoms with Crippen molar-refractivity contribution in [2.45, 2.75) is 13.0 Å². The van der Waals surface area contributed by atoms with Crippen LogP contribution in [-0.4, -0.2) is 64.2 Å². The molecule has 1 fully saturated rings. The number of amides is 3. The second-order valence-corrected chi connectivity index (χ2v) is 5.80. The number of hydrogen-bond donors (Lipinski definition) is 3. The van der Waals surface area contributed by atoms with Crippen LogP contribution in [0.2, 0.25) is 0 Å². The van der Waals surface area contributed by atoms with Crippen LogP contribution in [0.15, 0.2) is 36.7 Å². The van der Waals surface area contributed by atoms with E-state index in [1.807, 2.05) is 18.2 Å². The first-order valence-electron chi connectivity index (χ1n) is 8.15. The molecule has 3 rings (SSSR count). The van der Waals surface area contributed by atoms with Gasteiger partial charge in [0.1, 0.15) is 12.4 Å². The zero-order chi connectivity index (χ0) is 17.6. The molecule has 132 valence electrons. The van der Waals surface area contributed by atoms with Crippen LogP contribution in [0.1, 0.15) is 6.92 Å². The number of rotatable bonds is 4. The Hall–Kier alpha value is -3.10. The molecular weight excluding hydrogens is 322 g/mol. The molecule has 1 aliphatic heterocycles. The van der Waals surface area contributed by atoms with Gasteiger partial charge in [0, 0.05) is 31.9 Å². The first-order chi connectivity index (χ1) is 12.1. The van der Waals surface area contributed by atoms with Crippen molar-refractivity contribution in [3.05, 3.63) is 36.7 Å². The van der Waals surface area contributed by atoms with Crippen molar-refractivity contribution < 1.29 is 9.59 Å². The molecule has 1 atom stereocenters. The summed E-state index contributed by atoms with van der Waals surface area (Å²) in [4.78, 5) is 32.1. The first-order valence-corrected chi connectivity index (χ1v) is 8.15. The fraction of sp³-hybridized carbons (Fsp3) is 0.375. The van der Waals surface area contributed by atoms with Gasteiger partial charge in [0.2, 0.25) is 11.9 Å². The molecule has 0 saturated carbocycles. The van der Waals surface area contributed by atoms with Gasteiger partial charge in [-0.25, -0.2) is 9.89 Å². The lowest BCUT2D eigenvalue weighted by Crippen LogP contribution is -2.54. The van der Waals surface area contributed by atoms with Gasteiger partial charge >= 0.3 is 6.03 Å². The van der Waals surface area contributed by atoms with Crippen molar-refractivity contribution in [3.63, 3.8) is 0 Å². The maximum Gasteiger partial charge on any atom is 0.318 e. The standard InChI is InChI=1S/C16H21N7O2/c1-12(14(24)20-15-17-11-18-21-15)19-16(25)23-9-7-22(8-10-23)13-5-3-2-4-6-13/h2-6,11-12H,7-10H2,1H3,(H,19,25)(H2,17,18,20,21,24). The van der Waals surface area contributed by atoms with Crippen LogP contribution in [0, 0.1) is 0 Å². The molecule has 0 spiro atoms. The summed E-state index contributed by atoms with van der Waals surface area (Å²) in [6.45, 7) is 4.37. The number of piperazine rings is 1. The van der Waals surface area contributed by atoms with Gasteiger partial charge in [0.15, 0.2) is 0 Å². The van der Waals surface area contributed by atoms with E-state index in [1.54, 1.807) is 11.8 Å². The van der Waals surface area contributed by atoms with E-state index in [0.29, 0.717) is 13.1 Å². The Morgan fingerprint density at radius 1 is 1.16 bits per heavy atom. The predicted molar refractivity (Wildman–Crippen MR) is 93.2 cm³/mol. The molecule has 25 heavy (non-hydrogen) atoms. The van der Waals surface area contributed by atoms with Gasteiger partial charge in [-0.1, -0.05) is 18.2 Å². The average Bonchev–Trinajstić information content (AvgIpc) is 3.15. The van der Waals surface area contributed by atoms with E-state index in [0.717, 1.165) is 18.8 Å². The number of para-hydroxylation sites is 1. The number of urea groups is 1. The number of nitrogens with one attached hydrogen (secondary N) is 3. The van der Waals surface area contributed by atoms with Crippen LogP contribution in [-0.2, 0) is 4.79 Å². The lowest BCUT2D eigenvalue weighted by molar-refractivity contribution is -0.117. The Morgan fingerprint density at radius 2 is 1.88 bits per heavy atom. The number of anilines is 2. The zero-order valence-corrected chi connectivity index (χ0v) is 14.0. The number of nitrogens with zero attached hydrogens (tertiary/aromatic N) is 4. The number of hydrogen-bond acceptors (Lipinski definition) is 5. The van der Waals surface area contributed by atoms with Gasteiger partial charge in [-0.05, 0) is 19.1 Å². The fourth-order valence-corrected chi connectivity index (χ4v) is 2.64. The zero-order valence-electron chi connectivity index (χ0n) is 14.0. The smallest absolute Gasteiger partial charge is 0.318 e. The molecule has 1 unspecified atom stereocenters. The van der Waals surface area contributed by atoms with Gasteiger partial charge in [0.05, 0.1) is 0 Å². The Bertz CT molecular complexity index is 697. The van der Waals surface area contributed by atoms with Crippen LogP contribution < -0.4 is 15.5 Å². The van der Waals surface area contributed by atoms with Crippen molar-refractivity contribution in [1.82, 2.24) is 25.4 Å². The maximum atomic E-state index is 12.3. The van der Waals surface area contributed by atoms with Gasteiger partial charge < -0.3 is 15.1 Å². The van der Waals surface area contributed by atoms with E-state index in [-0.39, 0.29) is 17.9 Å². The maximum absolute atomic E-state index is 12.3. The normalized spacial score (nSPS) is 15.6. The largest absolute Gasteiger partial charge is 0.368 e. The van der Waals surface area contributed by atoms with Gasteiger partial charge in [0.25, 0.3) is 0 Å². The van der Waals surface area contributed by atoms with Crippen molar-refractivity contribution in [2.24, 2.45) is 0 Å².